The molecule has 1 saturated heterocycles. The molecule has 0 aromatic heterocycles. The molecule has 2 atom stereocenters. The van der Waals surface area contributed by atoms with Gasteiger partial charge in [-0.1, -0.05) is 0 Å². The van der Waals surface area contributed by atoms with Gasteiger partial charge in [-0.3, -0.25) is 14.5 Å². The van der Waals surface area contributed by atoms with E-state index in [9.17, 15) is 9.59 Å². The number of aliphatic hydroxyl groups excluding tert-OH is 1. The molecule has 0 bridgehead atoms. The molecule has 150 valence electrons. The summed E-state index contributed by atoms with van der Waals surface area (Å²) in [5.74, 6) is 0.0104. The van der Waals surface area contributed by atoms with Gasteiger partial charge in [0.2, 0.25) is 5.91 Å². The van der Waals surface area contributed by atoms with Gasteiger partial charge in [-0.25, -0.2) is 0 Å². The van der Waals surface area contributed by atoms with Crippen LogP contribution in [0.3, 0.4) is 0 Å². The van der Waals surface area contributed by atoms with Gasteiger partial charge in [-0.05, 0) is 51.6 Å². The Morgan fingerprint density at radius 3 is 2.41 bits per heavy atom. The molecule has 27 heavy (non-hydrogen) atoms. The van der Waals surface area contributed by atoms with Crippen LogP contribution in [-0.4, -0.2) is 85.7 Å². The van der Waals surface area contributed by atoms with Gasteiger partial charge < -0.3 is 20.2 Å². The first-order valence-electron chi connectivity index (χ1n) is 9.63. The number of carbonyl (C=O) groups is 2. The summed E-state index contributed by atoms with van der Waals surface area (Å²) in [6, 6.07) is 7.11. The molecule has 0 radical (unpaired) electrons. The molecule has 1 aromatic rings. The van der Waals surface area contributed by atoms with Crippen molar-refractivity contribution in [2.45, 2.75) is 32.4 Å². The van der Waals surface area contributed by atoms with Crippen LogP contribution in [0.2, 0.25) is 0 Å². The topological polar surface area (TPSA) is 76.1 Å². The second-order valence-electron chi connectivity index (χ2n) is 7.06. The Morgan fingerprint density at radius 1 is 1.22 bits per heavy atom. The normalized spacial score (nSPS) is 19.7. The highest BCUT2D eigenvalue weighted by Crippen LogP contribution is 2.19. The van der Waals surface area contributed by atoms with Crippen LogP contribution in [0.1, 0.15) is 30.6 Å². The molecule has 1 fully saturated rings. The van der Waals surface area contributed by atoms with Crippen LogP contribution in [-0.2, 0) is 4.79 Å². The molecule has 2 N–H and O–H groups in total. The lowest BCUT2D eigenvalue weighted by atomic mass is 10.1. The second kappa shape index (κ2) is 9.71. The van der Waals surface area contributed by atoms with Crippen LogP contribution in [0.15, 0.2) is 24.3 Å². The number of carbonyl (C=O) groups excluding carboxylic acids is 2. The van der Waals surface area contributed by atoms with Crippen molar-refractivity contribution in [1.82, 2.24) is 15.1 Å². The van der Waals surface area contributed by atoms with Crippen LogP contribution in [0.4, 0.5) is 5.69 Å². The summed E-state index contributed by atoms with van der Waals surface area (Å²) in [6.45, 7) is 6.67. The van der Waals surface area contributed by atoms with Gasteiger partial charge >= 0.3 is 0 Å². The highest BCUT2D eigenvalue weighted by atomic mass is 16.3. The van der Waals surface area contributed by atoms with Crippen molar-refractivity contribution in [2.24, 2.45) is 0 Å². The SMILES string of the molecule is CCN(CC)C(=O)[C@@H]1C[C@H](NC(=O)c2ccc(N(C)CCO)cc2)CN1C. The zero-order valence-corrected chi connectivity index (χ0v) is 16.8. The molecule has 1 aliphatic rings. The average Bonchev–Trinajstić information content (AvgIpc) is 3.03. The predicted molar refractivity (Wildman–Crippen MR) is 107 cm³/mol. The Balaban J connectivity index is 1.95. The summed E-state index contributed by atoms with van der Waals surface area (Å²) >= 11 is 0. The Kier molecular flexibility index (Phi) is 7.62. The smallest absolute Gasteiger partial charge is 0.251 e. The quantitative estimate of drug-likeness (QED) is 0.701. The third-order valence-electron chi connectivity index (χ3n) is 5.25. The van der Waals surface area contributed by atoms with E-state index in [4.69, 9.17) is 5.11 Å². The standard InChI is InChI=1S/C20H32N4O3/c1-5-24(6-2)20(27)18-13-16(14-23(18)4)21-19(26)15-7-9-17(10-8-15)22(3)11-12-25/h7-10,16,18,25H,5-6,11-14H2,1-4H3,(H,21,26)/t16-,18-/m0/s1. The summed E-state index contributed by atoms with van der Waals surface area (Å²) in [5.41, 5.74) is 1.54. The third-order valence-corrected chi connectivity index (χ3v) is 5.25. The number of rotatable bonds is 8. The van der Waals surface area contributed by atoms with Crippen LogP contribution in [0, 0.1) is 0 Å². The molecule has 0 spiro atoms. The summed E-state index contributed by atoms with van der Waals surface area (Å²) in [6.07, 6.45) is 0.634. The zero-order chi connectivity index (χ0) is 20.0. The lowest BCUT2D eigenvalue weighted by Crippen LogP contribution is -2.44. The number of hydrogen-bond donors (Lipinski definition) is 2. The molecule has 0 aliphatic carbocycles. The van der Waals surface area contributed by atoms with E-state index in [0.29, 0.717) is 38.2 Å². The Labute approximate surface area is 161 Å². The van der Waals surface area contributed by atoms with E-state index in [1.54, 1.807) is 12.1 Å². The van der Waals surface area contributed by atoms with Crippen LogP contribution < -0.4 is 10.2 Å². The molecule has 0 saturated carbocycles. The number of likely N-dealkylation sites (tertiary alicyclic amines) is 1. The van der Waals surface area contributed by atoms with E-state index < -0.39 is 0 Å². The fourth-order valence-electron chi connectivity index (χ4n) is 3.55. The summed E-state index contributed by atoms with van der Waals surface area (Å²) < 4.78 is 0. The Morgan fingerprint density at radius 2 is 1.85 bits per heavy atom. The van der Waals surface area contributed by atoms with Gasteiger partial charge in [0.05, 0.1) is 12.6 Å². The monoisotopic (exact) mass is 376 g/mol. The largest absolute Gasteiger partial charge is 0.395 e. The van der Waals surface area contributed by atoms with Gasteiger partial charge in [-0.15, -0.1) is 0 Å². The first-order chi connectivity index (χ1) is 12.9. The fraction of sp³-hybridized carbons (Fsp3) is 0.600. The van der Waals surface area contributed by atoms with Gasteiger partial charge in [0.15, 0.2) is 0 Å². The minimum absolute atomic E-state index is 0.0382. The van der Waals surface area contributed by atoms with Crippen molar-refractivity contribution in [3.8, 4) is 0 Å². The van der Waals surface area contributed by atoms with Crippen molar-refractivity contribution in [3.63, 3.8) is 0 Å². The lowest BCUT2D eigenvalue weighted by Gasteiger charge is -2.26. The van der Waals surface area contributed by atoms with Crippen LogP contribution in [0.5, 0.6) is 0 Å². The third kappa shape index (κ3) is 5.20. The molecule has 1 aromatic carbocycles. The first kappa shape index (κ1) is 21.2. The van der Waals surface area contributed by atoms with E-state index in [1.165, 1.54) is 0 Å². The molecule has 7 nitrogen and oxygen atoms in total. The number of aliphatic hydroxyl groups is 1. The number of hydrogen-bond acceptors (Lipinski definition) is 5. The minimum Gasteiger partial charge on any atom is -0.395 e. The maximum absolute atomic E-state index is 12.6. The van der Waals surface area contributed by atoms with Crippen LogP contribution >= 0.6 is 0 Å². The molecular formula is C20H32N4O3. The first-order valence-corrected chi connectivity index (χ1v) is 9.63. The average molecular weight is 377 g/mol. The maximum Gasteiger partial charge on any atom is 0.251 e. The number of anilines is 1. The predicted octanol–water partition coefficient (Wildman–Crippen LogP) is 0.786. The second-order valence-corrected chi connectivity index (χ2v) is 7.06. The fourth-order valence-corrected chi connectivity index (χ4v) is 3.55. The summed E-state index contributed by atoms with van der Waals surface area (Å²) in [7, 11) is 3.83. The van der Waals surface area contributed by atoms with Crippen molar-refractivity contribution in [2.75, 3.05) is 51.8 Å². The highest BCUT2D eigenvalue weighted by Gasteiger charge is 2.36. The number of nitrogens with zero attached hydrogens (tertiary/aromatic N) is 3. The number of nitrogens with one attached hydrogen (secondary N) is 1. The van der Waals surface area contributed by atoms with Crippen molar-refractivity contribution < 1.29 is 14.7 Å². The van der Waals surface area contributed by atoms with Crippen molar-refractivity contribution in [1.29, 1.82) is 0 Å². The van der Waals surface area contributed by atoms with Crippen molar-refractivity contribution in [3.05, 3.63) is 29.8 Å². The maximum atomic E-state index is 12.6. The molecule has 1 aliphatic heterocycles. The lowest BCUT2D eigenvalue weighted by molar-refractivity contribution is -0.135. The molecule has 2 rings (SSSR count). The van der Waals surface area contributed by atoms with Gasteiger partial charge in [0, 0.05) is 50.5 Å². The van der Waals surface area contributed by atoms with E-state index in [2.05, 4.69) is 5.32 Å². The van der Waals surface area contributed by atoms with E-state index in [-0.39, 0.29) is 30.5 Å². The van der Waals surface area contributed by atoms with Gasteiger partial charge in [0.25, 0.3) is 5.91 Å². The summed E-state index contributed by atoms with van der Waals surface area (Å²) in [5, 5.41) is 12.1. The van der Waals surface area contributed by atoms with Gasteiger partial charge in [-0.2, -0.15) is 0 Å². The molecule has 0 unspecified atom stereocenters. The molecule has 7 heteroatoms. The van der Waals surface area contributed by atoms with E-state index in [0.717, 1.165) is 5.69 Å². The molecule has 1 heterocycles. The zero-order valence-electron chi connectivity index (χ0n) is 16.8. The Bertz CT molecular complexity index is 631. The highest BCUT2D eigenvalue weighted by molar-refractivity contribution is 5.95. The summed E-state index contributed by atoms with van der Waals surface area (Å²) in [4.78, 5) is 31.0. The van der Waals surface area contributed by atoms with E-state index >= 15 is 0 Å². The van der Waals surface area contributed by atoms with E-state index in [1.807, 2.05) is 54.8 Å². The molecule has 2 amide bonds. The number of benzene rings is 1. The molecular weight excluding hydrogens is 344 g/mol. The minimum atomic E-state index is -0.176. The number of likely N-dealkylation sites (N-methyl/N-ethyl adjacent to an activating group) is 3. The Hall–Kier alpha value is -2.12. The van der Waals surface area contributed by atoms with Crippen molar-refractivity contribution >= 4 is 17.5 Å². The van der Waals surface area contributed by atoms with Crippen LogP contribution in [0.25, 0.3) is 0 Å². The van der Waals surface area contributed by atoms with Gasteiger partial charge in [0.1, 0.15) is 0 Å². The number of amides is 2.